The van der Waals surface area contributed by atoms with Gasteiger partial charge >= 0.3 is 17.8 Å². The Bertz CT molecular complexity index is 914. The highest BCUT2D eigenvalue weighted by Gasteiger charge is 2.45. The second-order valence-corrected chi connectivity index (χ2v) is 7.38. The van der Waals surface area contributed by atoms with E-state index in [4.69, 9.17) is 9.47 Å². The summed E-state index contributed by atoms with van der Waals surface area (Å²) in [7, 11) is 0. The molecule has 4 rings (SSSR count). The van der Waals surface area contributed by atoms with Crippen molar-refractivity contribution in [2.75, 3.05) is 32.8 Å². The Balaban J connectivity index is 1.50. The fourth-order valence-electron chi connectivity index (χ4n) is 4.00. The Labute approximate surface area is 173 Å². The van der Waals surface area contributed by atoms with Gasteiger partial charge in [-0.3, -0.25) is 19.3 Å². The normalized spacial score (nSPS) is 21.3. The Kier molecular flexibility index (Phi) is 5.43. The maximum absolute atomic E-state index is 13.0. The predicted octanol–water partition coefficient (Wildman–Crippen LogP) is 1.49. The van der Waals surface area contributed by atoms with E-state index in [1.807, 2.05) is 18.2 Å². The zero-order chi connectivity index (χ0) is 21.3. The minimum absolute atomic E-state index is 0.0718. The van der Waals surface area contributed by atoms with Crippen LogP contribution in [0.4, 0.5) is 4.79 Å². The Hall–Kier alpha value is -3.36. The monoisotopic (exact) mass is 413 g/mol. The molecule has 1 atom stereocenters. The first-order chi connectivity index (χ1) is 14.5. The number of urea groups is 1. The number of fused-ring (bicyclic) bond motifs is 1. The van der Waals surface area contributed by atoms with Crippen LogP contribution < -0.4 is 9.47 Å². The van der Waals surface area contributed by atoms with Crippen molar-refractivity contribution >= 4 is 23.8 Å². The molecule has 0 radical (unpaired) electrons. The molecule has 0 aliphatic carbocycles. The van der Waals surface area contributed by atoms with E-state index in [-0.39, 0.29) is 18.5 Å². The lowest BCUT2D eigenvalue weighted by atomic mass is 10.0. The maximum Gasteiger partial charge on any atom is 0.335 e. The van der Waals surface area contributed by atoms with Crippen molar-refractivity contribution < 1.29 is 28.7 Å². The number of hydrogen-bond acceptors (Lipinski definition) is 6. The van der Waals surface area contributed by atoms with Gasteiger partial charge in [-0.1, -0.05) is 12.1 Å². The van der Waals surface area contributed by atoms with Crippen LogP contribution in [0.5, 0.6) is 11.5 Å². The van der Waals surface area contributed by atoms with Crippen molar-refractivity contribution in [3.05, 3.63) is 36.4 Å². The van der Waals surface area contributed by atoms with E-state index in [0.29, 0.717) is 36.2 Å². The molecule has 0 saturated carbocycles. The zero-order valence-corrected chi connectivity index (χ0v) is 16.5. The van der Waals surface area contributed by atoms with E-state index in [1.165, 1.54) is 6.08 Å². The molecule has 0 bridgehead atoms. The summed E-state index contributed by atoms with van der Waals surface area (Å²) in [6, 6.07) is 4.66. The number of amides is 5. The molecule has 0 unspecified atom stereocenters. The van der Waals surface area contributed by atoms with E-state index >= 15 is 0 Å². The van der Waals surface area contributed by atoms with Crippen LogP contribution in [0.1, 0.15) is 30.9 Å². The SMILES string of the molecule is C=CCN1C(=O)C(=O)N(CC(=O)N2CCC[C@@H]2c2ccc3c(c2)OCCCO3)C1=O. The molecule has 0 aromatic heterocycles. The molecule has 0 N–H and O–H groups in total. The number of benzene rings is 1. The molecular formula is C21H23N3O6. The summed E-state index contributed by atoms with van der Waals surface area (Å²) in [5, 5.41) is 0. The van der Waals surface area contributed by atoms with Gasteiger partial charge in [0.1, 0.15) is 6.54 Å². The molecule has 1 aromatic carbocycles. The maximum atomic E-state index is 13.0. The molecule has 3 aliphatic heterocycles. The second-order valence-electron chi connectivity index (χ2n) is 7.38. The number of likely N-dealkylation sites (tertiary alicyclic amines) is 1. The Morgan fingerprint density at radius 3 is 2.57 bits per heavy atom. The number of carbonyl (C=O) groups is 4. The number of carbonyl (C=O) groups excluding carboxylic acids is 4. The summed E-state index contributed by atoms with van der Waals surface area (Å²) in [5.74, 6) is -0.962. The molecule has 9 nitrogen and oxygen atoms in total. The van der Waals surface area contributed by atoms with Crippen LogP contribution in [-0.4, -0.2) is 71.3 Å². The third-order valence-electron chi connectivity index (χ3n) is 5.47. The number of ether oxygens (including phenoxy) is 2. The van der Waals surface area contributed by atoms with Gasteiger partial charge in [0, 0.05) is 19.5 Å². The molecule has 2 fully saturated rings. The van der Waals surface area contributed by atoms with E-state index in [1.54, 1.807) is 4.90 Å². The molecule has 0 spiro atoms. The van der Waals surface area contributed by atoms with Crippen LogP contribution in [0.15, 0.2) is 30.9 Å². The van der Waals surface area contributed by atoms with Crippen molar-refractivity contribution in [3.8, 4) is 11.5 Å². The fraction of sp³-hybridized carbons (Fsp3) is 0.429. The number of imide groups is 2. The molecule has 1 aromatic rings. The van der Waals surface area contributed by atoms with Crippen LogP contribution in [0.3, 0.4) is 0 Å². The van der Waals surface area contributed by atoms with Gasteiger partial charge in [0.15, 0.2) is 11.5 Å². The lowest BCUT2D eigenvalue weighted by Gasteiger charge is -2.27. The predicted molar refractivity (Wildman–Crippen MR) is 105 cm³/mol. The smallest absolute Gasteiger partial charge is 0.335 e. The van der Waals surface area contributed by atoms with Gasteiger partial charge in [-0.15, -0.1) is 6.58 Å². The van der Waals surface area contributed by atoms with E-state index in [0.717, 1.165) is 29.7 Å². The van der Waals surface area contributed by atoms with Crippen LogP contribution in [0, 0.1) is 0 Å². The zero-order valence-electron chi connectivity index (χ0n) is 16.5. The van der Waals surface area contributed by atoms with Gasteiger partial charge < -0.3 is 14.4 Å². The summed E-state index contributed by atoms with van der Waals surface area (Å²) in [6.45, 7) is 4.62. The third-order valence-corrected chi connectivity index (χ3v) is 5.47. The van der Waals surface area contributed by atoms with Gasteiger partial charge in [0.2, 0.25) is 5.91 Å². The van der Waals surface area contributed by atoms with Crippen molar-refractivity contribution in [2.45, 2.75) is 25.3 Å². The quantitative estimate of drug-likeness (QED) is 0.412. The highest BCUT2D eigenvalue weighted by molar-refractivity contribution is 6.45. The van der Waals surface area contributed by atoms with Crippen LogP contribution in [0.25, 0.3) is 0 Å². The standard InChI is InChI=1S/C21H23N3O6/c1-2-8-23-19(26)20(27)24(21(23)28)13-18(25)22-9-3-5-15(22)14-6-7-16-17(12-14)30-11-4-10-29-16/h2,6-7,12,15H,1,3-5,8-11,13H2/t15-/m1/s1. The molecule has 2 saturated heterocycles. The van der Waals surface area contributed by atoms with Gasteiger partial charge in [0.25, 0.3) is 0 Å². The molecular weight excluding hydrogens is 390 g/mol. The lowest BCUT2D eigenvalue weighted by Crippen LogP contribution is -2.43. The number of rotatable bonds is 5. The van der Waals surface area contributed by atoms with Crippen molar-refractivity contribution in [1.82, 2.24) is 14.7 Å². The largest absolute Gasteiger partial charge is 0.490 e. The summed E-state index contributed by atoms with van der Waals surface area (Å²) in [5.41, 5.74) is 0.911. The van der Waals surface area contributed by atoms with Gasteiger partial charge in [0.05, 0.1) is 19.3 Å². The summed E-state index contributed by atoms with van der Waals surface area (Å²) < 4.78 is 11.4. The van der Waals surface area contributed by atoms with Crippen molar-refractivity contribution in [2.24, 2.45) is 0 Å². The molecule has 3 heterocycles. The van der Waals surface area contributed by atoms with Gasteiger partial charge in [-0.2, -0.15) is 0 Å². The lowest BCUT2D eigenvalue weighted by molar-refractivity contribution is -0.145. The average Bonchev–Trinajstić information content (AvgIpc) is 3.21. The van der Waals surface area contributed by atoms with Gasteiger partial charge in [-0.25, -0.2) is 9.69 Å². The molecule has 30 heavy (non-hydrogen) atoms. The Morgan fingerprint density at radius 2 is 1.80 bits per heavy atom. The highest BCUT2D eigenvalue weighted by atomic mass is 16.5. The van der Waals surface area contributed by atoms with Crippen LogP contribution in [-0.2, 0) is 14.4 Å². The molecule has 9 heteroatoms. The highest BCUT2D eigenvalue weighted by Crippen LogP contribution is 2.38. The van der Waals surface area contributed by atoms with Crippen molar-refractivity contribution in [3.63, 3.8) is 0 Å². The van der Waals surface area contributed by atoms with Crippen LogP contribution in [0.2, 0.25) is 0 Å². The first-order valence-electron chi connectivity index (χ1n) is 9.98. The third kappa shape index (κ3) is 3.51. The Morgan fingerprint density at radius 1 is 1.07 bits per heavy atom. The first kappa shape index (κ1) is 19.9. The summed E-state index contributed by atoms with van der Waals surface area (Å²) in [6.07, 6.45) is 3.72. The van der Waals surface area contributed by atoms with Crippen LogP contribution >= 0.6 is 0 Å². The molecule has 5 amide bonds. The summed E-state index contributed by atoms with van der Waals surface area (Å²) >= 11 is 0. The summed E-state index contributed by atoms with van der Waals surface area (Å²) in [4.78, 5) is 52.6. The minimum atomic E-state index is -0.985. The topological polar surface area (TPSA) is 96.5 Å². The number of hydrogen-bond donors (Lipinski definition) is 0. The van der Waals surface area contributed by atoms with E-state index in [9.17, 15) is 19.2 Å². The van der Waals surface area contributed by atoms with Crippen molar-refractivity contribution in [1.29, 1.82) is 0 Å². The average molecular weight is 413 g/mol. The number of nitrogens with zero attached hydrogens (tertiary/aromatic N) is 3. The molecule has 158 valence electrons. The molecule has 3 aliphatic rings. The van der Waals surface area contributed by atoms with E-state index in [2.05, 4.69) is 6.58 Å². The van der Waals surface area contributed by atoms with Gasteiger partial charge in [-0.05, 0) is 30.5 Å². The fourth-order valence-corrected chi connectivity index (χ4v) is 4.00. The first-order valence-corrected chi connectivity index (χ1v) is 9.98. The van der Waals surface area contributed by atoms with E-state index < -0.39 is 24.4 Å². The minimum Gasteiger partial charge on any atom is -0.490 e. The second kappa shape index (κ2) is 8.17.